The highest BCUT2D eigenvalue weighted by Gasteiger charge is 2.26. The van der Waals surface area contributed by atoms with Crippen LogP contribution in [0.2, 0.25) is 0 Å². The summed E-state index contributed by atoms with van der Waals surface area (Å²) in [6.07, 6.45) is 9.53. The normalized spacial score (nSPS) is 15.0. The number of benzene rings is 1. The zero-order valence-corrected chi connectivity index (χ0v) is 13.1. The van der Waals surface area contributed by atoms with Gasteiger partial charge < -0.3 is 0 Å². The van der Waals surface area contributed by atoms with Crippen molar-refractivity contribution in [3.63, 3.8) is 0 Å². The highest BCUT2D eigenvalue weighted by Crippen LogP contribution is 2.29. The molecule has 6 heteroatoms. The molecule has 0 bridgehead atoms. The van der Waals surface area contributed by atoms with Gasteiger partial charge in [-0.1, -0.05) is 12.1 Å². The van der Waals surface area contributed by atoms with Crippen molar-refractivity contribution in [2.75, 3.05) is 0 Å². The third kappa shape index (κ3) is 2.31. The molecule has 1 aromatic heterocycles. The van der Waals surface area contributed by atoms with Gasteiger partial charge in [0, 0.05) is 47.5 Å². The second kappa shape index (κ2) is 5.38. The summed E-state index contributed by atoms with van der Waals surface area (Å²) in [4.78, 5) is 8.39. The van der Waals surface area contributed by atoms with Crippen LogP contribution in [0, 0.1) is 6.92 Å². The van der Waals surface area contributed by atoms with Crippen LogP contribution in [0.15, 0.2) is 64.7 Å². The van der Waals surface area contributed by atoms with Crippen LogP contribution in [0.4, 0.5) is 0 Å². The van der Waals surface area contributed by atoms with Crippen LogP contribution in [-0.4, -0.2) is 23.9 Å². The number of fused-ring (bicyclic) bond motifs is 1. The molecule has 1 aromatic carbocycles. The average molecular weight is 313 g/mol. The van der Waals surface area contributed by atoms with E-state index in [9.17, 15) is 8.42 Å². The van der Waals surface area contributed by atoms with Gasteiger partial charge in [-0.15, -0.1) is 0 Å². The predicted octanol–water partition coefficient (Wildman–Crippen LogP) is 2.99. The maximum atomic E-state index is 13.1. The van der Waals surface area contributed by atoms with Crippen LogP contribution < -0.4 is 0 Å². The number of allylic oxidation sites excluding steroid dienone is 2. The molecule has 0 unspecified atom stereocenters. The number of aromatic nitrogens is 1. The van der Waals surface area contributed by atoms with E-state index in [-0.39, 0.29) is 4.90 Å². The van der Waals surface area contributed by atoms with Crippen molar-refractivity contribution < 1.29 is 8.42 Å². The number of sulfonamides is 1. The van der Waals surface area contributed by atoms with E-state index in [4.69, 9.17) is 0 Å². The zero-order valence-electron chi connectivity index (χ0n) is 12.3. The molecule has 0 fully saturated rings. The Morgan fingerprint density at radius 3 is 2.77 bits per heavy atom. The van der Waals surface area contributed by atoms with Crippen LogP contribution in [-0.2, 0) is 10.0 Å². The maximum Gasteiger partial charge on any atom is 0.268 e. The Balaban J connectivity index is 2.27. The molecule has 112 valence electrons. The van der Waals surface area contributed by atoms with E-state index in [2.05, 4.69) is 9.98 Å². The molecule has 1 aliphatic heterocycles. The van der Waals surface area contributed by atoms with Gasteiger partial charge in [0.05, 0.1) is 4.90 Å². The quantitative estimate of drug-likeness (QED) is 0.856. The molecule has 0 atom stereocenters. The van der Waals surface area contributed by atoms with E-state index in [1.165, 1.54) is 16.7 Å². The number of aliphatic imine (C=N–C) groups is 1. The topological polar surface area (TPSA) is 62.6 Å². The summed E-state index contributed by atoms with van der Waals surface area (Å²) >= 11 is 0. The molecule has 0 aliphatic carbocycles. The van der Waals surface area contributed by atoms with E-state index in [0.717, 1.165) is 10.9 Å². The standard InChI is InChI=1S/C16H15N3O2S/c1-12-9-18-11-14-5-3-6-15(16(12)14)22(20,21)19-8-4-7-17-10-13(19)2/h3-11H,1-2H3. The van der Waals surface area contributed by atoms with Crippen molar-refractivity contribution in [1.82, 2.24) is 9.29 Å². The van der Waals surface area contributed by atoms with E-state index in [1.54, 1.807) is 43.7 Å². The van der Waals surface area contributed by atoms with E-state index in [1.807, 2.05) is 13.0 Å². The van der Waals surface area contributed by atoms with Crippen molar-refractivity contribution in [3.05, 3.63) is 60.3 Å². The van der Waals surface area contributed by atoms with E-state index in [0.29, 0.717) is 11.1 Å². The lowest BCUT2D eigenvalue weighted by molar-refractivity contribution is 0.542. The summed E-state index contributed by atoms with van der Waals surface area (Å²) in [7, 11) is -3.71. The molecule has 0 saturated carbocycles. The molecule has 2 aromatic rings. The van der Waals surface area contributed by atoms with Crippen LogP contribution in [0.1, 0.15) is 12.5 Å². The van der Waals surface area contributed by atoms with Gasteiger partial charge in [-0.25, -0.2) is 12.7 Å². The van der Waals surface area contributed by atoms with Crippen LogP contribution >= 0.6 is 0 Å². The van der Waals surface area contributed by atoms with Gasteiger partial charge in [-0.3, -0.25) is 9.98 Å². The maximum absolute atomic E-state index is 13.1. The number of pyridine rings is 1. The molecule has 1 aliphatic rings. The Morgan fingerprint density at radius 2 is 1.95 bits per heavy atom. The Morgan fingerprint density at radius 1 is 1.14 bits per heavy atom. The summed E-state index contributed by atoms with van der Waals surface area (Å²) in [5.41, 5.74) is 1.36. The molecule has 2 heterocycles. The van der Waals surface area contributed by atoms with Crippen LogP contribution in [0.3, 0.4) is 0 Å². The molecule has 3 rings (SSSR count). The van der Waals surface area contributed by atoms with Crippen molar-refractivity contribution in [2.24, 2.45) is 4.99 Å². The van der Waals surface area contributed by atoms with Crippen LogP contribution in [0.25, 0.3) is 10.8 Å². The van der Waals surface area contributed by atoms with E-state index < -0.39 is 10.0 Å². The first kappa shape index (κ1) is 14.5. The average Bonchev–Trinajstić information content (AvgIpc) is 2.72. The minimum Gasteiger partial charge on any atom is -0.264 e. The third-order valence-electron chi connectivity index (χ3n) is 3.47. The Bertz CT molecular complexity index is 922. The Hall–Kier alpha value is -2.47. The fourth-order valence-electron chi connectivity index (χ4n) is 2.45. The van der Waals surface area contributed by atoms with Crippen molar-refractivity contribution in [1.29, 1.82) is 0 Å². The smallest absolute Gasteiger partial charge is 0.264 e. The highest BCUT2D eigenvalue weighted by atomic mass is 32.2. The Labute approximate surface area is 129 Å². The van der Waals surface area contributed by atoms with Gasteiger partial charge in [0.25, 0.3) is 10.0 Å². The van der Waals surface area contributed by atoms with Gasteiger partial charge in [0.1, 0.15) is 0 Å². The summed E-state index contributed by atoms with van der Waals surface area (Å²) in [5, 5.41) is 1.50. The first-order valence-electron chi connectivity index (χ1n) is 6.76. The number of hydrogen-bond donors (Lipinski definition) is 0. The summed E-state index contributed by atoms with van der Waals surface area (Å²) in [6, 6.07) is 5.21. The molecule has 22 heavy (non-hydrogen) atoms. The lowest BCUT2D eigenvalue weighted by Gasteiger charge is -2.21. The van der Waals surface area contributed by atoms with Gasteiger partial charge in [0.2, 0.25) is 0 Å². The van der Waals surface area contributed by atoms with Crippen molar-refractivity contribution in [2.45, 2.75) is 18.7 Å². The fourth-order valence-corrected chi connectivity index (χ4v) is 4.11. The highest BCUT2D eigenvalue weighted by molar-refractivity contribution is 7.89. The number of hydrogen-bond acceptors (Lipinski definition) is 4. The molecule has 0 radical (unpaired) electrons. The van der Waals surface area contributed by atoms with Crippen molar-refractivity contribution >= 4 is 27.0 Å². The van der Waals surface area contributed by atoms with Crippen LogP contribution in [0.5, 0.6) is 0 Å². The monoisotopic (exact) mass is 313 g/mol. The molecular formula is C16H15N3O2S. The summed E-state index contributed by atoms with van der Waals surface area (Å²) < 4.78 is 27.4. The first-order chi connectivity index (χ1) is 10.5. The fraction of sp³-hybridized carbons (Fsp3) is 0.125. The van der Waals surface area contributed by atoms with Gasteiger partial charge in [-0.2, -0.15) is 0 Å². The number of nitrogens with zero attached hydrogens (tertiary/aromatic N) is 3. The van der Waals surface area contributed by atoms with Gasteiger partial charge in [0.15, 0.2) is 0 Å². The van der Waals surface area contributed by atoms with E-state index >= 15 is 0 Å². The Kier molecular flexibility index (Phi) is 3.54. The minimum atomic E-state index is -3.71. The second-order valence-corrected chi connectivity index (χ2v) is 6.81. The zero-order chi connectivity index (χ0) is 15.7. The third-order valence-corrected chi connectivity index (χ3v) is 5.30. The molecule has 0 saturated heterocycles. The van der Waals surface area contributed by atoms with Gasteiger partial charge >= 0.3 is 0 Å². The SMILES string of the molecule is CC1=CN=CC=CN1S(=O)(=O)c1cccc2cncc(C)c12. The number of aryl methyl sites for hydroxylation is 1. The summed E-state index contributed by atoms with van der Waals surface area (Å²) in [5.74, 6) is 0. The largest absolute Gasteiger partial charge is 0.268 e. The molecule has 0 spiro atoms. The molecule has 0 N–H and O–H groups in total. The van der Waals surface area contributed by atoms with Crippen molar-refractivity contribution in [3.8, 4) is 0 Å². The van der Waals surface area contributed by atoms with Gasteiger partial charge in [-0.05, 0) is 31.6 Å². The summed E-state index contributed by atoms with van der Waals surface area (Å²) in [6.45, 7) is 3.57. The number of rotatable bonds is 2. The second-order valence-electron chi connectivity index (χ2n) is 5.02. The lowest BCUT2D eigenvalue weighted by atomic mass is 10.1. The predicted molar refractivity (Wildman–Crippen MR) is 86.9 cm³/mol. The molecule has 0 amide bonds. The lowest BCUT2D eigenvalue weighted by Crippen LogP contribution is -2.24. The first-order valence-corrected chi connectivity index (χ1v) is 8.20. The molecular weight excluding hydrogens is 298 g/mol. The molecule has 5 nitrogen and oxygen atoms in total. The minimum absolute atomic E-state index is 0.268.